The van der Waals surface area contributed by atoms with Crippen LogP contribution in [-0.4, -0.2) is 16.1 Å². The lowest BCUT2D eigenvalue weighted by Gasteiger charge is -2.40. The second-order valence-electron chi connectivity index (χ2n) is 3.73. The van der Waals surface area contributed by atoms with Crippen LogP contribution >= 0.6 is 11.3 Å². The van der Waals surface area contributed by atoms with Crippen molar-refractivity contribution >= 4 is 11.3 Å². The van der Waals surface area contributed by atoms with Gasteiger partial charge in [0.15, 0.2) is 5.01 Å². The zero-order valence-corrected chi connectivity index (χ0v) is 8.40. The number of hydrogen-bond donors (Lipinski definition) is 2. The van der Waals surface area contributed by atoms with E-state index in [0.29, 0.717) is 24.2 Å². The van der Waals surface area contributed by atoms with Gasteiger partial charge in [-0.25, -0.2) is 4.98 Å². The van der Waals surface area contributed by atoms with E-state index in [9.17, 15) is 18.3 Å². The molecule has 0 bridgehead atoms. The summed E-state index contributed by atoms with van der Waals surface area (Å²) in [5.41, 5.74) is 4.29. The number of aliphatic hydroxyl groups is 1. The number of nitrogens with two attached hydrogens (primary N) is 1. The first-order chi connectivity index (χ1) is 6.81. The number of hydrogen-bond acceptors (Lipinski definition) is 4. The van der Waals surface area contributed by atoms with E-state index in [2.05, 4.69) is 4.98 Å². The highest BCUT2D eigenvalue weighted by Crippen LogP contribution is 2.44. The third kappa shape index (κ3) is 1.86. The van der Waals surface area contributed by atoms with Gasteiger partial charge < -0.3 is 10.8 Å². The molecule has 1 saturated carbocycles. The van der Waals surface area contributed by atoms with Gasteiger partial charge in [0, 0.05) is 12.2 Å². The minimum absolute atomic E-state index is 0.133. The Kier molecular flexibility index (Phi) is 2.29. The van der Waals surface area contributed by atoms with Crippen LogP contribution in [-0.2, 0) is 11.8 Å². The normalized spacial score (nSPS) is 31.4. The summed E-state index contributed by atoms with van der Waals surface area (Å²) in [6.45, 7) is 0. The lowest BCUT2D eigenvalue weighted by molar-refractivity contribution is -0.137. The number of aromatic nitrogens is 1. The number of halogens is 3. The molecular formula is C8H9F3N2OS. The van der Waals surface area contributed by atoms with E-state index in [0.717, 1.165) is 6.20 Å². The first-order valence-electron chi connectivity index (χ1n) is 4.33. The van der Waals surface area contributed by atoms with Crippen molar-refractivity contribution in [3.63, 3.8) is 0 Å². The molecule has 0 radical (unpaired) electrons. The van der Waals surface area contributed by atoms with Crippen molar-refractivity contribution in [3.8, 4) is 0 Å². The maximum Gasteiger partial charge on any atom is 0.443 e. The molecule has 1 aliphatic carbocycles. The molecule has 1 aromatic heterocycles. The zero-order valence-electron chi connectivity index (χ0n) is 7.58. The van der Waals surface area contributed by atoms with E-state index in [4.69, 9.17) is 5.73 Å². The Balaban J connectivity index is 2.21. The number of alkyl halides is 3. The Morgan fingerprint density at radius 3 is 2.53 bits per heavy atom. The van der Waals surface area contributed by atoms with Gasteiger partial charge in [-0.15, -0.1) is 11.3 Å². The van der Waals surface area contributed by atoms with Crippen LogP contribution in [0.25, 0.3) is 0 Å². The van der Waals surface area contributed by atoms with Gasteiger partial charge in [0.1, 0.15) is 5.60 Å². The Labute approximate surface area is 87.7 Å². The van der Waals surface area contributed by atoms with Crippen molar-refractivity contribution in [1.29, 1.82) is 0 Å². The smallest absolute Gasteiger partial charge is 0.384 e. The molecule has 15 heavy (non-hydrogen) atoms. The van der Waals surface area contributed by atoms with Gasteiger partial charge >= 0.3 is 6.18 Å². The molecule has 1 aliphatic rings. The second-order valence-corrected chi connectivity index (χ2v) is 4.76. The summed E-state index contributed by atoms with van der Waals surface area (Å²) in [5, 5.41) is 8.93. The monoisotopic (exact) mass is 238 g/mol. The van der Waals surface area contributed by atoms with Crippen LogP contribution in [0, 0.1) is 0 Å². The molecule has 0 atom stereocenters. The van der Waals surface area contributed by atoms with Gasteiger partial charge in [-0.05, 0) is 12.8 Å². The molecule has 0 amide bonds. The van der Waals surface area contributed by atoms with Gasteiger partial charge in [0.05, 0.1) is 4.88 Å². The topological polar surface area (TPSA) is 59.1 Å². The molecule has 3 nitrogen and oxygen atoms in total. The summed E-state index contributed by atoms with van der Waals surface area (Å²) in [7, 11) is 0. The summed E-state index contributed by atoms with van der Waals surface area (Å²) in [4.78, 5) is 3.50. The van der Waals surface area contributed by atoms with Crippen LogP contribution in [0.3, 0.4) is 0 Å². The van der Waals surface area contributed by atoms with E-state index in [1.54, 1.807) is 0 Å². The molecule has 1 aromatic rings. The average molecular weight is 238 g/mol. The van der Waals surface area contributed by atoms with E-state index in [1.165, 1.54) is 0 Å². The number of thiazole rings is 1. The summed E-state index contributed by atoms with van der Waals surface area (Å²) in [6.07, 6.45) is -2.76. The molecule has 7 heteroatoms. The third-order valence-electron chi connectivity index (χ3n) is 2.41. The maximum absolute atomic E-state index is 12.2. The zero-order chi connectivity index (χ0) is 11.3. The van der Waals surface area contributed by atoms with Crippen molar-refractivity contribution < 1.29 is 18.3 Å². The largest absolute Gasteiger partial charge is 0.443 e. The highest BCUT2D eigenvalue weighted by Gasteiger charge is 2.45. The number of rotatable bonds is 1. The Morgan fingerprint density at radius 2 is 2.13 bits per heavy atom. The van der Waals surface area contributed by atoms with E-state index in [1.807, 2.05) is 0 Å². The van der Waals surface area contributed by atoms with Crippen molar-refractivity contribution in [1.82, 2.24) is 4.98 Å². The van der Waals surface area contributed by atoms with Crippen LogP contribution < -0.4 is 5.73 Å². The highest BCUT2D eigenvalue weighted by atomic mass is 32.1. The molecule has 1 heterocycles. The Hall–Kier alpha value is -0.660. The van der Waals surface area contributed by atoms with Crippen LogP contribution in [0.2, 0.25) is 0 Å². The van der Waals surface area contributed by atoms with Gasteiger partial charge in [-0.2, -0.15) is 13.2 Å². The molecule has 1 fully saturated rings. The van der Waals surface area contributed by atoms with Crippen LogP contribution in [0.15, 0.2) is 6.20 Å². The minimum atomic E-state index is -4.44. The standard InChI is InChI=1S/C8H9F3N2OS/c9-8(10,11)6-13-3-5(15-6)7(14)1-4(12)2-7/h3-4,14H,1-2,12H2. The highest BCUT2D eigenvalue weighted by molar-refractivity contribution is 7.11. The van der Waals surface area contributed by atoms with Gasteiger partial charge in [0.2, 0.25) is 0 Å². The summed E-state index contributed by atoms with van der Waals surface area (Å²) >= 11 is 0.483. The fourth-order valence-corrected chi connectivity index (χ4v) is 2.52. The first-order valence-corrected chi connectivity index (χ1v) is 5.14. The molecule has 84 valence electrons. The molecular weight excluding hydrogens is 229 g/mol. The fourth-order valence-electron chi connectivity index (χ4n) is 1.63. The molecule has 0 unspecified atom stereocenters. The quantitative estimate of drug-likeness (QED) is 0.779. The van der Waals surface area contributed by atoms with Gasteiger partial charge in [-0.1, -0.05) is 0 Å². The molecule has 2 rings (SSSR count). The summed E-state index contributed by atoms with van der Waals surface area (Å²) in [5.74, 6) is 0. The third-order valence-corrected chi connectivity index (χ3v) is 3.64. The van der Waals surface area contributed by atoms with E-state index < -0.39 is 16.8 Å². The van der Waals surface area contributed by atoms with Crippen molar-refractivity contribution in [2.24, 2.45) is 5.73 Å². The molecule has 0 spiro atoms. The maximum atomic E-state index is 12.2. The lowest BCUT2D eigenvalue weighted by Crippen LogP contribution is -2.48. The Bertz CT molecular complexity index is 370. The average Bonchev–Trinajstić information content (AvgIpc) is 2.47. The van der Waals surface area contributed by atoms with Crippen LogP contribution in [0.4, 0.5) is 13.2 Å². The van der Waals surface area contributed by atoms with E-state index >= 15 is 0 Å². The van der Waals surface area contributed by atoms with Crippen molar-refractivity contribution in [3.05, 3.63) is 16.1 Å². The summed E-state index contributed by atoms with van der Waals surface area (Å²) < 4.78 is 36.7. The SMILES string of the molecule is NC1CC(O)(c2cnc(C(F)(F)F)s2)C1. The molecule has 3 N–H and O–H groups in total. The van der Waals surface area contributed by atoms with Crippen molar-refractivity contribution in [2.45, 2.75) is 30.7 Å². The Morgan fingerprint density at radius 1 is 1.53 bits per heavy atom. The first kappa shape index (κ1) is 10.8. The van der Waals surface area contributed by atoms with Crippen LogP contribution in [0.5, 0.6) is 0 Å². The lowest BCUT2D eigenvalue weighted by atomic mass is 9.75. The van der Waals surface area contributed by atoms with Gasteiger partial charge in [0.25, 0.3) is 0 Å². The fraction of sp³-hybridized carbons (Fsp3) is 0.625. The van der Waals surface area contributed by atoms with Crippen molar-refractivity contribution in [2.75, 3.05) is 0 Å². The summed E-state index contributed by atoms with van der Waals surface area (Å²) in [6, 6.07) is -0.133. The molecule has 0 aliphatic heterocycles. The predicted molar refractivity (Wildman–Crippen MR) is 48.2 cm³/mol. The minimum Gasteiger partial charge on any atom is -0.384 e. The van der Waals surface area contributed by atoms with Crippen LogP contribution in [0.1, 0.15) is 22.7 Å². The molecule has 0 aromatic carbocycles. The predicted octanol–water partition coefficient (Wildman–Crippen LogP) is 1.47. The van der Waals surface area contributed by atoms with E-state index in [-0.39, 0.29) is 10.9 Å². The molecule has 0 saturated heterocycles. The second kappa shape index (κ2) is 3.16. The van der Waals surface area contributed by atoms with Gasteiger partial charge in [-0.3, -0.25) is 0 Å². The number of nitrogens with zero attached hydrogens (tertiary/aromatic N) is 1.